The number of nitrogens with one attached hydrogen (secondary N) is 2. The van der Waals surface area contributed by atoms with Crippen LogP contribution in [-0.2, 0) is 9.53 Å². The van der Waals surface area contributed by atoms with Crippen molar-refractivity contribution in [1.82, 2.24) is 5.32 Å². The van der Waals surface area contributed by atoms with E-state index in [1.54, 1.807) is 69.3 Å². The van der Waals surface area contributed by atoms with Gasteiger partial charge < -0.3 is 20.1 Å². The van der Waals surface area contributed by atoms with Gasteiger partial charge in [-0.1, -0.05) is 17.7 Å². The van der Waals surface area contributed by atoms with Crippen molar-refractivity contribution in [2.75, 3.05) is 11.9 Å². The van der Waals surface area contributed by atoms with Gasteiger partial charge in [-0.3, -0.25) is 4.79 Å². The molecule has 2 N–H and O–H groups in total. The number of carbonyl (C=O) groups excluding carboxylic acids is 2. The molecule has 0 atom stereocenters. The van der Waals surface area contributed by atoms with Crippen molar-refractivity contribution in [3.8, 4) is 11.5 Å². The van der Waals surface area contributed by atoms with Crippen LogP contribution in [0.2, 0.25) is 5.02 Å². The number of rotatable bonds is 6. The highest BCUT2D eigenvalue weighted by atomic mass is 35.5. The van der Waals surface area contributed by atoms with E-state index in [1.165, 1.54) is 0 Å². The molecule has 7 heteroatoms. The Kier molecular flexibility index (Phi) is 7.07. The number of anilines is 1. The summed E-state index contributed by atoms with van der Waals surface area (Å²) in [4.78, 5) is 23.6. The van der Waals surface area contributed by atoms with Crippen molar-refractivity contribution in [2.24, 2.45) is 0 Å². The molecule has 27 heavy (non-hydrogen) atoms. The van der Waals surface area contributed by atoms with Gasteiger partial charge >= 0.3 is 6.09 Å². The maximum Gasteiger partial charge on any atom is 0.407 e. The quantitative estimate of drug-likeness (QED) is 0.728. The van der Waals surface area contributed by atoms with Crippen LogP contribution >= 0.6 is 11.6 Å². The molecule has 0 saturated heterocycles. The maximum absolute atomic E-state index is 12.0. The standard InChI is InChI=1S/C20H23ClN2O4/c1-20(2,3)27-19(25)22-12-11-18(24)23-15-5-4-6-17(13-15)26-16-9-7-14(21)8-10-16/h4-10,13H,11-12H2,1-3H3,(H,22,25)(H,23,24). The maximum atomic E-state index is 12.0. The average molecular weight is 391 g/mol. The summed E-state index contributed by atoms with van der Waals surface area (Å²) in [5.41, 5.74) is 0.0281. The molecule has 2 rings (SSSR count). The molecule has 0 aliphatic rings. The van der Waals surface area contributed by atoms with Crippen LogP contribution in [0.3, 0.4) is 0 Å². The zero-order valence-corrected chi connectivity index (χ0v) is 16.3. The van der Waals surface area contributed by atoms with E-state index in [0.29, 0.717) is 22.2 Å². The minimum absolute atomic E-state index is 0.126. The molecule has 0 unspecified atom stereocenters. The molecule has 0 heterocycles. The van der Waals surface area contributed by atoms with Crippen LogP contribution in [-0.4, -0.2) is 24.1 Å². The van der Waals surface area contributed by atoms with Crippen molar-refractivity contribution in [3.63, 3.8) is 0 Å². The molecule has 0 aliphatic heterocycles. The second kappa shape index (κ2) is 9.28. The van der Waals surface area contributed by atoms with E-state index in [1.807, 2.05) is 0 Å². The van der Waals surface area contributed by atoms with Crippen LogP contribution in [0.25, 0.3) is 0 Å². The van der Waals surface area contributed by atoms with E-state index < -0.39 is 11.7 Å². The Balaban J connectivity index is 1.82. The van der Waals surface area contributed by atoms with Crippen molar-refractivity contribution >= 4 is 29.3 Å². The highest BCUT2D eigenvalue weighted by Crippen LogP contribution is 2.25. The monoisotopic (exact) mass is 390 g/mol. The van der Waals surface area contributed by atoms with Crippen molar-refractivity contribution in [2.45, 2.75) is 32.8 Å². The van der Waals surface area contributed by atoms with Crippen LogP contribution in [0.1, 0.15) is 27.2 Å². The normalized spacial score (nSPS) is 10.8. The SMILES string of the molecule is CC(C)(C)OC(=O)NCCC(=O)Nc1cccc(Oc2ccc(Cl)cc2)c1. The summed E-state index contributed by atoms with van der Waals surface area (Å²) in [6.07, 6.45) is -0.421. The van der Waals surface area contributed by atoms with Gasteiger partial charge in [0.05, 0.1) is 0 Å². The topological polar surface area (TPSA) is 76.7 Å². The molecule has 144 valence electrons. The zero-order valence-electron chi connectivity index (χ0n) is 15.5. The Bertz CT molecular complexity index is 785. The number of halogens is 1. The highest BCUT2D eigenvalue weighted by molar-refractivity contribution is 6.30. The summed E-state index contributed by atoms with van der Waals surface area (Å²) in [7, 11) is 0. The van der Waals surface area contributed by atoms with Crippen molar-refractivity contribution < 1.29 is 19.1 Å². The Morgan fingerprint density at radius 3 is 2.41 bits per heavy atom. The van der Waals surface area contributed by atoms with Gasteiger partial charge in [-0.25, -0.2) is 4.79 Å². The van der Waals surface area contributed by atoms with Gasteiger partial charge in [0.15, 0.2) is 0 Å². The Labute approximate surface area is 163 Å². The third-order valence-corrected chi connectivity index (χ3v) is 3.44. The van der Waals surface area contributed by atoms with Gasteiger partial charge in [-0.15, -0.1) is 0 Å². The lowest BCUT2D eigenvalue weighted by Crippen LogP contribution is -2.34. The van der Waals surface area contributed by atoms with E-state index in [4.69, 9.17) is 21.1 Å². The first-order chi connectivity index (χ1) is 12.7. The lowest BCUT2D eigenvalue weighted by atomic mass is 10.2. The van der Waals surface area contributed by atoms with E-state index in [0.717, 1.165) is 0 Å². The van der Waals surface area contributed by atoms with Gasteiger partial charge in [0.25, 0.3) is 0 Å². The molecule has 2 aromatic carbocycles. The summed E-state index contributed by atoms with van der Waals surface area (Å²) in [6.45, 7) is 5.51. The minimum atomic E-state index is -0.573. The van der Waals surface area contributed by atoms with Gasteiger partial charge in [-0.05, 0) is 57.2 Å². The molecule has 0 saturated carbocycles. The zero-order chi connectivity index (χ0) is 19.9. The smallest absolute Gasteiger partial charge is 0.407 e. The third-order valence-electron chi connectivity index (χ3n) is 3.19. The summed E-state index contributed by atoms with van der Waals surface area (Å²) < 4.78 is 10.8. The molecule has 2 aromatic rings. The average Bonchev–Trinajstić information content (AvgIpc) is 2.55. The molecule has 0 aliphatic carbocycles. The lowest BCUT2D eigenvalue weighted by molar-refractivity contribution is -0.116. The van der Waals surface area contributed by atoms with Gasteiger partial charge in [0.1, 0.15) is 17.1 Å². The predicted molar refractivity (Wildman–Crippen MR) is 105 cm³/mol. The number of benzene rings is 2. The van der Waals surface area contributed by atoms with Gasteiger partial charge in [-0.2, -0.15) is 0 Å². The Hall–Kier alpha value is -2.73. The predicted octanol–water partition coefficient (Wildman–Crippen LogP) is 4.99. The van der Waals surface area contributed by atoms with Crippen LogP contribution in [0.15, 0.2) is 48.5 Å². The second-order valence-corrected chi connectivity index (χ2v) is 7.25. The van der Waals surface area contributed by atoms with Gasteiger partial charge in [0.2, 0.25) is 5.91 Å². The second-order valence-electron chi connectivity index (χ2n) is 6.81. The highest BCUT2D eigenvalue weighted by Gasteiger charge is 2.15. The fraction of sp³-hybridized carbons (Fsp3) is 0.300. The fourth-order valence-corrected chi connectivity index (χ4v) is 2.22. The van der Waals surface area contributed by atoms with E-state index in [2.05, 4.69) is 10.6 Å². The molecule has 0 aromatic heterocycles. The molecule has 2 amide bonds. The fourth-order valence-electron chi connectivity index (χ4n) is 2.09. The molecular weight excluding hydrogens is 368 g/mol. The molecule has 0 bridgehead atoms. The Morgan fingerprint density at radius 1 is 1.04 bits per heavy atom. The first-order valence-corrected chi connectivity index (χ1v) is 8.89. The number of ether oxygens (including phenoxy) is 2. The van der Waals surface area contributed by atoms with Crippen molar-refractivity contribution in [1.29, 1.82) is 0 Å². The first-order valence-electron chi connectivity index (χ1n) is 8.51. The van der Waals surface area contributed by atoms with Crippen molar-refractivity contribution in [3.05, 3.63) is 53.6 Å². The van der Waals surface area contributed by atoms with E-state index in [-0.39, 0.29) is 18.9 Å². The minimum Gasteiger partial charge on any atom is -0.457 e. The van der Waals surface area contributed by atoms with Crippen LogP contribution in [0, 0.1) is 0 Å². The summed E-state index contributed by atoms with van der Waals surface area (Å²) in [5.74, 6) is 1.00. The number of hydrogen-bond donors (Lipinski definition) is 2. The summed E-state index contributed by atoms with van der Waals surface area (Å²) in [6, 6.07) is 14.0. The molecular formula is C20H23ClN2O4. The number of alkyl carbamates (subject to hydrolysis) is 1. The largest absolute Gasteiger partial charge is 0.457 e. The molecule has 0 spiro atoms. The lowest BCUT2D eigenvalue weighted by Gasteiger charge is -2.19. The number of amides is 2. The van der Waals surface area contributed by atoms with Crippen LogP contribution < -0.4 is 15.4 Å². The number of carbonyl (C=O) groups is 2. The molecule has 0 fully saturated rings. The molecule has 6 nitrogen and oxygen atoms in total. The Morgan fingerprint density at radius 2 is 1.74 bits per heavy atom. The third kappa shape index (κ3) is 8.00. The summed E-state index contributed by atoms with van der Waals surface area (Å²) >= 11 is 5.85. The first kappa shape index (κ1) is 20.6. The van der Waals surface area contributed by atoms with Crippen LogP contribution in [0.4, 0.5) is 10.5 Å². The van der Waals surface area contributed by atoms with Gasteiger partial charge in [0, 0.05) is 29.7 Å². The number of hydrogen-bond acceptors (Lipinski definition) is 4. The van der Waals surface area contributed by atoms with E-state index in [9.17, 15) is 9.59 Å². The van der Waals surface area contributed by atoms with Crippen LogP contribution in [0.5, 0.6) is 11.5 Å². The molecule has 0 radical (unpaired) electrons. The van der Waals surface area contributed by atoms with E-state index >= 15 is 0 Å². The summed E-state index contributed by atoms with van der Waals surface area (Å²) in [5, 5.41) is 5.94.